The lowest BCUT2D eigenvalue weighted by Gasteiger charge is -2.13. The van der Waals surface area contributed by atoms with Gasteiger partial charge in [0.1, 0.15) is 5.58 Å². The fraction of sp³-hybridized carbons (Fsp3) is 0.412. The van der Waals surface area contributed by atoms with Crippen LogP contribution in [0.25, 0.3) is 11.0 Å². The number of furan rings is 1. The lowest BCUT2D eigenvalue weighted by atomic mass is 9.99. The number of likely N-dealkylation sites (tertiary alicyclic amines) is 1. The summed E-state index contributed by atoms with van der Waals surface area (Å²) in [6.45, 7) is 6.56. The molecule has 2 atom stereocenters. The molecule has 22 heavy (non-hydrogen) atoms. The van der Waals surface area contributed by atoms with Crippen molar-refractivity contribution in [3.8, 4) is 0 Å². The van der Waals surface area contributed by atoms with Gasteiger partial charge >= 0.3 is 5.97 Å². The zero-order valence-electron chi connectivity index (χ0n) is 12.9. The van der Waals surface area contributed by atoms with E-state index >= 15 is 0 Å². The Morgan fingerprint density at radius 3 is 2.50 bits per heavy atom. The lowest BCUT2D eigenvalue weighted by Crippen LogP contribution is -2.29. The van der Waals surface area contributed by atoms with Crippen LogP contribution in [0.1, 0.15) is 28.6 Å². The topological polar surface area (TPSA) is 70.8 Å². The predicted molar refractivity (Wildman–Crippen MR) is 81.9 cm³/mol. The van der Waals surface area contributed by atoms with Crippen LogP contribution < -0.4 is 0 Å². The predicted octanol–water partition coefficient (Wildman–Crippen LogP) is 2.84. The van der Waals surface area contributed by atoms with Gasteiger partial charge in [0.15, 0.2) is 5.76 Å². The number of benzene rings is 1. The number of carboxylic acids is 1. The second-order valence-electron chi connectivity index (χ2n) is 6.22. The number of nitrogens with zero attached hydrogens (tertiary/aromatic N) is 1. The number of aliphatic carboxylic acids is 1. The lowest BCUT2D eigenvalue weighted by molar-refractivity contribution is -0.142. The van der Waals surface area contributed by atoms with Crippen LogP contribution in [0, 0.1) is 25.7 Å². The van der Waals surface area contributed by atoms with Crippen molar-refractivity contribution in [2.75, 3.05) is 13.1 Å². The quantitative estimate of drug-likeness (QED) is 0.926. The normalized spacial score (nSPS) is 21.5. The molecule has 2 heterocycles. The molecule has 1 aliphatic heterocycles. The average molecular weight is 301 g/mol. The number of carbonyl (C=O) groups excluding carboxylic acids is 1. The van der Waals surface area contributed by atoms with E-state index in [0.717, 1.165) is 16.5 Å². The number of rotatable bonds is 2. The highest BCUT2D eigenvalue weighted by Crippen LogP contribution is 2.28. The zero-order valence-corrected chi connectivity index (χ0v) is 12.9. The third-order valence-corrected chi connectivity index (χ3v) is 4.56. The first-order chi connectivity index (χ1) is 10.4. The van der Waals surface area contributed by atoms with Crippen LogP contribution in [0.5, 0.6) is 0 Å². The molecule has 1 N–H and O–H groups in total. The van der Waals surface area contributed by atoms with Gasteiger partial charge in [-0.25, -0.2) is 0 Å². The van der Waals surface area contributed by atoms with Crippen LogP contribution >= 0.6 is 0 Å². The Bertz CT molecular complexity index is 722. The highest BCUT2D eigenvalue weighted by atomic mass is 16.4. The average Bonchev–Trinajstić information content (AvgIpc) is 3.02. The maximum absolute atomic E-state index is 12.5. The van der Waals surface area contributed by atoms with Crippen molar-refractivity contribution in [3.05, 3.63) is 35.1 Å². The standard InChI is InChI=1S/C17H19NO4/c1-9-4-12-6-15(22-14(12)5-10(9)2)16(19)18-7-11(3)13(8-18)17(20)21/h4-6,11,13H,7-8H2,1-3H3,(H,20,21)/t11-,13-/m1/s1. The molecule has 3 rings (SSSR count). The van der Waals surface area contributed by atoms with Gasteiger partial charge < -0.3 is 14.4 Å². The van der Waals surface area contributed by atoms with Gasteiger partial charge in [-0.1, -0.05) is 6.92 Å². The van der Waals surface area contributed by atoms with E-state index in [4.69, 9.17) is 9.52 Å². The van der Waals surface area contributed by atoms with Gasteiger partial charge in [-0.05, 0) is 49.1 Å². The van der Waals surface area contributed by atoms with Gasteiger partial charge in [-0.15, -0.1) is 0 Å². The van der Waals surface area contributed by atoms with Crippen molar-refractivity contribution < 1.29 is 19.1 Å². The fourth-order valence-corrected chi connectivity index (χ4v) is 3.02. The summed E-state index contributed by atoms with van der Waals surface area (Å²) in [5.74, 6) is -1.35. The third-order valence-electron chi connectivity index (χ3n) is 4.56. The second kappa shape index (κ2) is 5.16. The van der Waals surface area contributed by atoms with Crippen molar-refractivity contribution in [3.63, 3.8) is 0 Å². The molecule has 1 saturated heterocycles. The largest absolute Gasteiger partial charge is 0.481 e. The summed E-state index contributed by atoms with van der Waals surface area (Å²) in [5.41, 5.74) is 2.95. The number of aryl methyl sites for hydroxylation is 2. The second-order valence-corrected chi connectivity index (χ2v) is 6.22. The van der Waals surface area contributed by atoms with Crippen LogP contribution in [0.15, 0.2) is 22.6 Å². The summed E-state index contributed by atoms with van der Waals surface area (Å²) in [7, 11) is 0. The first-order valence-corrected chi connectivity index (χ1v) is 7.39. The van der Waals surface area contributed by atoms with Gasteiger partial charge in [-0.2, -0.15) is 0 Å². The first-order valence-electron chi connectivity index (χ1n) is 7.39. The molecule has 1 aromatic carbocycles. The molecular formula is C17H19NO4. The van der Waals surface area contributed by atoms with Crippen LogP contribution in [-0.4, -0.2) is 35.0 Å². The summed E-state index contributed by atoms with van der Waals surface area (Å²) in [6, 6.07) is 5.66. The first kappa shape index (κ1) is 14.6. The minimum Gasteiger partial charge on any atom is -0.481 e. The summed E-state index contributed by atoms with van der Waals surface area (Å²) in [6.07, 6.45) is 0. The third kappa shape index (κ3) is 2.36. The molecule has 2 aromatic rings. The molecule has 0 spiro atoms. The Morgan fingerprint density at radius 2 is 1.86 bits per heavy atom. The van der Waals surface area contributed by atoms with Crippen molar-refractivity contribution >= 4 is 22.8 Å². The van der Waals surface area contributed by atoms with Crippen LogP contribution in [0.4, 0.5) is 0 Å². The maximum atomic E-state index is 12.5. The van der Waals surface area contributed by atoms with Crippen molar-refractivity contribution in [1.29, 1.82) is 0 Å². The molecule has 0 radical (unpaired) electrons. The van der Waals surface area contributed by atoms with Crippen LogP contribution in [-0.2, 0) is 4.79 Å². The number of carboxylic acid groups (broad SMARTS) is 1. The summed E-state index contributed by atoms with van der Waals surface area (Å²) >= 11 is 0. The molecule has 5 heteroatoms. The number of hydrogen-bond donors (Lipinski definition) is 1. The molecule has 1 amide bonds. The van der Waals surface area contributed by atoms with E-state index in [1.165, 1.54) is 0 Å². The Morgan fingerprint density at radius 1 is 1.18 bits per heavy atom. The van der Waals surface area contributed by atoms with E-state index in [2.05, 4.69) is 0 Å². The molecule has 0 aliphatic carbocycles. The Labute approximate surface area is 128 Å². The van der Waals surface area contributed by atoms with E-state index in [9.17, 15) is 9.59 Å². The SMILES string of the molecule is Cc1cc2cc(C(=O)N3C[C@@H](C)[C@H](C(=O)O)C3)oc2cc1C. The van der Waals surface area contributed by atoms with Gasteiger partial charge in [0.05, 0.1) is 5.92 Å². The van der Waals surface area contributed by atoms with Crippen LogP contribution in [0.2, 0.25) is 0 Å². The monoisotopic (exact) mass is 301 g/mol. The Kier molecular flexibility index (Phi) is 3.43. The molecule has 0 unspecified atom stereocenters. The van der Waals surface area contributed by atoms with Gasteiger partial charge in [-0.3, -0.25) is 9.59 Å². The summed E-state index contributed by atoms with van der Waals surface area (Å²) in [4.78, 5) is 25.3. The van der Waals surface area contributed by atoms with E-state index in [0.29, 0.717) is 12.1 Å². The fourth-order valence-electron chi connectivity index (χ4n) is 3.02. The molecule has 1 aliphatic rings. The van der Waals surface area contributed by atoms with Crippen molar-refractivity contribution in [2.24, 2.45) is 11.8 Å². The smallest absolute Gasteiger partial charge is 0.308 e. The van der Waals surface area contributed by atoms with Crippen LogP contribution in [0.3, 0.4) is 0 Å². The molecule has 0 saturated carbocycles. The molecule has 1 aromatic heterocycles. The maximum Gasteiger partial charge on any atom is 0.308 e. The zero-order chi connectivity index (χ0) is 16.0. The minimum absolute atomic E-state index is 0.0460. The van der Waals surface area contributed by atoms with Gasteiger partial charge in [0.25, 0.3) is 5.91 Å². The Balaban J connectivity index is 1.88. The van der Waals surface area contributed by atoms with E-state index in [1.807, 2.05) is 32.9 Å². The van der Waals surface area contributed by atoms with Gasteiger partial charge in [0.2, 0.25) is 0 Å². The number of carbonyl (C=O) groups is 2. The number of fused-ring (bicyclic) bond motifs is 1. The van der Waals surface area contributed by atoms with Gasteiger partial charge in [0, 0.05) is 18.5 Å². The summed E-state index contributed by atoms with van der Waals surface area (Å²) in [5, 5.41) is 10.1. The molecule has 0 bridgehead atoms. The van der Waals surface area contributed by atoms with E-state index in [-0.39, 0.29) is 24.1 Å². The molecular weight excluding hydrogens is 282 g/mol. The number of hydrogen-bond acceptors (Lipinski definition) is 3. The minimum atomic E-state index is -0.848. The molecule has 5 nitrogen and oxygen atoms in total. The molecule has 116 valence electrons. The Hall–Kier alpha value is -2.30. The van der Waals surface area contributed by atoms with E-state index < -0.39 is 11.9 Å². The highest BCUT2D eigenvalue weighted by molar-refractivity contribution is 5.96. The summed E-state index contributed by atoms with van der Waals surface area (Å²) < 4.78 is 5.67. The van der Waals surface area contributed by atoms with Crippen molar-refractivity contribution in [2.45, 2.75) is 20.8 Å². The van der Waals surface area contributed by atoms with Crippen molar-refractivity contribution in [1.82, 2.24) is 4.90 Å². The number of amides is 1. The van der Waals surface area contributed by atoms with E-state index in [1.54, 1.807) is 11.0 Å². The molecule has 1 fully saturated rings. The highest BCUT2D eigenvalue weighted by Gasteiger charge is 2.38.